The van der Waals surface area contributed by atoms with Gasteiger partial charge in [0.05, 0.1) is 18.8 Å². The molecule has 7 heteroatoms. The topological polar surface area (TPSA) is 75.0 Å². The highest BCUT2D eigenvalue weighted by atomic mass is 16.6. The molecule has 3 heterocycles. The Morgan fingerprint density at radius 3 is 2.62 bits per heavy atom. The minimum absolute atomic E-state index is 0.0354. The molecule has 2 amide bonds. The Bertz CT molecular complexity index is 660. The highest BCUT2D eigenvalue weighted by Crippen LogP contribution is 2.25. The third-order valence-electron chi connectivity index (χ3n) is 5.77. The number of rotatable bonds is 6. The van der Waals surface area contributed by atoms with E-state index in [1.165, 1.54) is 0 Å². The molecule has 0 aliphatic carbocycles. The Morgan fingerprint density at radius 2 is 1.97 bits per heavy atom. The first-order valence-electron chi connectivity index (χ1n) is 10.8. The number of nitrogens with zero attached hydrogens (tertiary/aromatic N) is 2. The van der Waals surface area contributed by atoms with Crippen LogP contribution in [0.2, 0.25) is 0 Å². The highest BCUT2D eigenvalue weighted by Gasteiger charge is 2.32. The average Bonchev–Trinajstić information content (AvgIpc) is 3.35. The van der Waals surface area contributed by atoms with Crippen molar-refractivity contribution in [1.29, 1.82) is 0 Å². The lowest BCUT2D eigenvalue weighted by Gasteiger charge is -2.34. The number of carbonyl (C=O) groups is 2. The second-order valence-corrected chi connectivity index (χ2v) is 9.19. The minimum atomic E-state index is -0.448. The summed E-state index contributed by atoms with van der Waals surface area (Å²) in [5.41, 5.74) is -0.448. The van der Waals surface area contributed by atoms with Gasteiger partial charge in [-0.1, -0.05) is 0 Å². The predicted octanol–water partition coefficient (Wildman–Crippen LogP) is 3.40. The van der Waals surface area contributed by atoms with E-state index in [1.807, 2.05) is 37.8 Å². The Kier molecular flexibility index (Phi) is 7.22. The zero-order valence-corrected chi connectivity index (χ0v) is 18.0. The quantitative estimate of drug-likeness (QED) is 0.785. The number of piperidine rings is 1. The van der Waals surface area contributed by atoms with Gasteiger partial charge in [-0.25, -0.2) is 4.79 Å². The van der Waals surface area contributed by atoms with E-state index < -0.39 is 5.60 Å². The molecule has 2 aliphatic rings. The molecule has 0 saturated carbocycles. The van der Waals surface area contributed by atoms with Gasteiger partial charge in [-0.3, -0.25) is 9.69 Å². The van der Waals surface area contributed by atoms with Crippen molar-refractivity contribution in [2.75, 3.05) is 26.2 Å². The van der Waals surface area contributed by atoms with Gasteiger partial charge in [0.25, 0.3) is 0 Å². The van der Waals surface area contributed by atoms with Crippen LogP contribution in [0, 0.1) is 5.92 Å². The van der Waals surface area contributed by atoms with E-state index in [-0.39, 0.29) is 18.0 Å². The van der Waals surface area contributed by atoms with Gasteiger partial charge in [-0.05, 0) is 84.0 Å². The second kappa shape index (κ2) is 9.65. The Morgan fingerprint density at radius 1 is 1.21 bits per heavy atom. The van der Waals surface area contributed by atoms with Crippen LogP contribution in [-0.2, 0) is 16.1 Å². The van der Waals surface area contributed by atoms with Gasteiger partial charge in [-0.15, -0.1) is 0 Å². The normalized spacial score (nSPS) is 21.3. The molecule has 162 valence electrons. The molecule has 2 fully saturated rings. The molecule has 0 unspecified atom stereocenters. The summed E-state index contributed by atoms with van der Waals surface area (Å²) in [6.07, 6.45) is 6.48. The van der Waals surface area contributed by atoms with Crippen LogP contribution in [0.15, 0.2) is 22.8 Å². The molecule has 1 aromatic rings. The predicted molar refractivity (Wildman–Crippen MR) is 110 cm³/mol. The number of carbonyl (C=O) groups excluding carboxylic acids is 2. The molecule has 2 aliphatic heterocycles. The van der Waals surface area contributed by atoms with Crippen LogP contribution in [0.5, 0.6) is 0 Å². The summed E-state index contributed by atoms with van der Waals surface area (Å²) in [6.45, 7) is 9.57. The Balaban J connectivity index is 1.38. The van der Waals surface area contributed by atoms with Gasteiger partial charge in [0.2, 0.25) is 5.91 Å². The monoisotopic (exact) mass is 405 g/mol. The first-order valence-corrected chi connectivity index (χ1v) is 10.8. The van der Waals surface area contributed by atoms with Crippen molar-refractivity contribution in [3.05, 3.63) is 24.2 Å². The molecule has 0 aromatic carbocycles. The summed E-state index contributed by atoms with van der Waals surface area (Å²) in [6, 6.07) is 3.67. The van der Waals surface area contributed by atoms with Crippen LogP contribution in [0.1, 0.15) is 58.6 Å². The van der Waals surface area contributed by atoms with Gasteiger partial charge < -0.3 is 19.4 Å². The van der Waals surface area contributed by atoms with Crippen LogP contribution >= 0.6 is 0 Å². The Hall–Kier alpha value is -2.02. The fourth-order valence-electron chi connectivity index (χ4n) is 4.17. The summed E-state index contributed by atoms with van der Waals surface area (Å²) >= 11 is 0. The molecular formula is C22H35N3O4. The number of ether oxygens (including phenoxy) is 1. The smallest absolute Gasteiger partial charge is 0.410 e. The number of hydrogen-bond donors (Lipinski definition) is 1. The molecule has 29 heavy (non-hydrogen) atoms. The van der Waals surface area contributed by atoms with Crippen LogP contribution in [-0.4, -0.2) is 59.6 Å². The van der Waals surface area contributed by atoms with Crippen molar-refractivity contribution in [2.24, 2.45) is 5.92 Å². The summed E-state index contributed by atoms with van der Waals surface area (Å²) in [4.78, 5) is 28.9. The third kappa shape index (κ3) is 6.49. The van der Waals surface area contributed by atoms with Crippen molar-refractivity contribution in [3.8, 4) is 0 Å². The van der Waals surface area contributed by atoms with E-state index in [4.69, 9.17) is 9.15 Å². The van der Waals surface area contributed by atoms with Gasteiger partial charge in [0, 0.05) is 13.1 Å². The van der Waals surface area contributed by atoms with Crippen molar-refractivity contribution in [2.45, 2.75) is 71.1 Å². The maximum absolute atomic E-state index is 12.6. The molecule has 7 nitrogen and oxygen atoms in total. The number of hydrogen-bond acceptors (Lipinski definition) is 5. The number of amides is 2. The van der Waals surface area contributed by atoms with E-state index in [0.717, 1.165) is 64.0 Å². The van der Waals surface area contributed by atoms with Crippen LogP contribution in [0.4, 0.5) is 4.79 Å². The second-order valence-electron chi connectivity index (χ2n) is 9.19. The molecule has 3 rings (SSSR count). The maximum atomic E-state index is 12.6. The summed E-state index contributed by atoms with van der Waals surface area (Å²) in [7, 11) is 0. The van der Waals surface area contributed by atoms with Gasteiger partial charge >= 0.3 is 6.09 Å². The number of furan rings is 1. The molecule has 0 radical (unpaired) electrons. The van der Waals surface area contributed by atoms with E-state index >= 15 is 0 Å². The van der Waals surface area contributed by atoms with Gasteiger partial charge in [-0.2, -0.15) is 0 Å². The molecule has 1 aromatic heterocycles. The highest BCUT2D eigenvalue weighted by molar-refractivity contribution is 5.81. The van der Waals surface area contributed by atoms with Crippen molar-refractivity contribution in [1.82, 2.24) is 15.1 Å². The van der Waals surface area contributed by atoms with Crippen molar-refractivity contribution < 1.29 is 18.7 Å². The first-order chi connectivity index (χ1) is 13.8. The van der Waals surface area contributed by atoms with Gasteiger partial charge in [0.15, 0.2) is 0 Å². The fraction of sp³-hybridized carbons (Fsp3) is 0.727. The SMILES string of the molecule is CC(C)(C)OC(=O)N1CCC(CCN2CCC[C@@H]2C(=O)NCc2ccco2)CC1. The lowest BCUT2D eigenvalue weighted by molar-refractivity contribution is -0.125. The number of nitrogens with one attached hydrogen (secondary N) is 1. The average molecular weight is 406 g/mol. The number of likely N-dealkylation sites (tertiary alicyclic amines) is 2. The standard InChI is InChI=1S/C22H35N3O4/c1-22(2,3)29-21(27)25-13-9-17(10-14-25)8-12-24-11-4-7-19(24)20(26)23-16-18-6-5-15-28-18/h5-6,15,17,19H,4,7-14,16H2,1-3H3,(H,23,26)/t19-/m1/s1. The van der Waals surface area contributed by atoms with E-state index in [9.17, 15) is 9.59 Å². The first kappa shape index (κ1) is 21.7. The molecular weight excluding hydrogens is 370 g/mol. The van der Waals surface area contributed by atoms with Crippen LogP contribution < -0.4 is 5.32 Å². The molecule has 0 bridgehead atoms. The van der Waals surface area contributed by atoms with Crippen molar-refractivity contribution >= 4 is 12.0 Å². The molecule has 2 saturated heterocycles. The zero-order chi connectivity index (χ0) is 20.9. The Labute approximate surface area is 173 Å². The summed E-state index contributed by atoms with van der Waals surface area (Å²) < 4.78 is 10.8. The largest absolute Gasteiger partial charge is 0.467 e. The van der Waals surface area contributed by atoms with Crippen LogP contribution in [0.3, 0.4) is 0 Å². The summed E-state index contributed by atoms with van der Waals surface area (Å²) in [5.74, 6) is 1.47. The van der Waals surface area contributed by atoms with E-state index in [2.05, 4.69) is 10.2 Å². The van der Waals surface area contributed by atoms with Crippen molar-refractivity contribution in [3.63, 3.8) is 0 Å². The lowest BCUT2D eigenvalue weighted by Crippen LogP contribution is -2.44. The fourth-order valence-corrected chi connectivity index (χ4v) is 4.17. The van der Waals surface area contributed by atoms with Crippen LogP contribution in [0.25, 0.3) is 0 Å². The lowest BCUT2D eigenvalue weighted by atomic mass is 9.93. The third-order valence-corrected chi connectivity index (χ3v) is 5.77. The summed E-state index contributed by atoms with van der Waals surface area (Å²) in [5, 5.41) is 3.00. The van der Waals surface area contributed by atoms with E-state index in [0.29, 0.717) is 12.5 Å². The van der Waals surface area contributed by atoms with Gasteiger partial charge in [0.1, 0.15) is 11.4 Å². The minimum Gasteiger partial charge on any atom is -0.467 e. The molecule has 1 atom stereocenters. The maximum Gasteiger partial charge on any atom is 0.410 e. The molecule has 0 spiro atoms. The zero-order valence-electron chi connectivity index (χ0n) is 18.0. The molecule has 1 N–H and O–H groups in total. The van der Waals surface area contributed by atoms with E-state index in [1.54, 1.807) is 6.26 Å².